The molecule has 0 radical (unpaired) electrons. The molecule has 2 N–H and O–H groups in total. The Balaban J connectivity index is 0. The van der Waals surface area contributed by atoms with E-state index in [0.717, 1.165) is 23.5 Å². The molecule has 11 heteroatoms. The molecule has 0 aliphatic carbocycles. The first kappa shape index (κ1) is 23.3. The summed E-state index contributed by atoms with van der Waals surface area (Å²) < 4.78 is 0.821. The molecule has 0 aliphatic rings. The number of hydrogen-bond acceptors (Lipinski definition) is 6. The van der Waals surface area contributed by atoms with Crippen LogP contribution in [0.15, 0.2) is 0 Å². The van der Waals surface area contributed by atoms with E-state index in [2.05, 4.69) is 10.6 Å². The van der Waals surface area contributed by atoms with E-state index in [1.54, 1.807) is 28.2 Å². The summed E-state index contributed by atoms with van der Waals surface area (Å²) in [6, 6.07) is 0. The summed E-state index contributed by atoms with van der Waals surface area (Å²) in [5.41, 5.74) is 0. The third kappa shape index (κ3) is 12.3. The number of nitrogens with zero attached hydrogens (tertiary/aromatic N) is 2. The molecule has 21 heavy (non-hydrogen) atoms. The van der Waals surface area contributed by atoms with Crippen molar-refractivity contribution in [3.63, 3.8) is 0 Å². The third-order valence-electron chi connectivity index (χ3n) is 1.75. The molecule has 0 aromatic rings. The second-order valence-electron chi connectivity index (χ2n) is 3.95. The Morgan fingerprint density at radius 1 is 0.857 bits per heavy atom. The van der Waals surface area contributed by atoms with Crippen molar-refractivity contribution in [3.8, 4) is 0 Å². The summed E-state index contributed by atoms with van der Waals surface area (Å²) in [6.45, 7) is 1.03. The van der Waals surface area contributed by atoms with Gasteiger partial charge in [-0.1, -0.05) is 24.4 Å². The summed E-state index contributed by atoms with van der Waals surface area (Å²) in [4.78, 5) is 25.6. The maximum absolute atomic E-state index is 11.4. The predicted molar refractivity (Wildman–Crippen MR) is 94.5 cm³/mol. The Hall–Kier alpha value is 0.0434. The first-order valence-corrected chi connectivity index (χ1v) is 8.03. The summed E-state index contributed by atoms with van der Waals surface area (Å²) >= 11 is 11.9. The van der Waals surface area contributed by atoms with Gasteiger partial charge in [0.1, 0.15) is 8.64 Å². The molecule has 116 valence electrons. The van der Waals surface area contributed by atoms with Gasteiger partial charge in [-0.05, 0) is 0 Å². The third-order valence-corrected chi connectivity index (χ3v) is 4.28. The average Bonchev–Trinajstić information content (AvgIpc) is 2.34. The van der Waals surface area contributed by atoms with Crippen molar-refractivity contribution in [1.29, 1.82) is 0 Å². The van der Waals surface area contributed by atoms with Crippen LogP contribution in [-0.4, -0.2) is 70.2 Å². The van der Waals surface area contributed by atoms with E-state index in [9.17, 15) is 9.59 Å². The monoisotopic (exact) mass is 418 g/mol. The fourth-order valence-electron chi connectivity index (χ4n) is 0.742. The summed E-state index contributed by atoms with van der Waals surface area (Å²) in [7, 11) is 6.65. The number of carbonyl (C=O) groups is 2. The Kier molecular flexibility index (Phi) is 14.0. The zero-order valence-corrected chi connectivity index (χ0v) is 18.7. The van der Waals surface area contributed by atoms with Crippen LogP contribution >= 0.6 is 48.0 Å². The molecule has 0 unspecified atom stereocenters. The molecule has 0 saturated carbocycles. The van der Waals surface area contributed by atoms with E-state index in [0.29, 0.717) is 21.7 Å². The van der Waals surface area contributed by atoms with Crippen LogP contribution in [0.25, 0.3) is 0 Å². The molecule has 0 atom stereocenters. The largest absolute Gasteiger partial charge is 0.369 e. The number of thioether (sulfide) groups is 2. The van der Waals surface area contributed by atoms with E-state index in [1.807, 2.05) is 0 Å². The molecule has 0 rings (SSSR count). The topological polar surface area (TPSA) is 64.7 Å². The van der Waals surface area contributed by atoms with Gasteiger partial charge in [0.25, 0.3) is 10.5 Å². The second kappa shape index (κ2) is 12.6. The van der Waals surface area contributed by atoms with E-state index in [1.165, 1.54) is 9.80 Å². The molecule has 2 amide bonds. The molecular formula is C10H18N4O2S4Zn. The van der Waals surface area contributed by atoms with Gasteiger partial charge in [0.05, 0.1) is 0 Å². The van der Waals surface area contributed by atoms with E-state index in [-0.39, 0.29) is 30.0 Å². The van der Waals surface area contributed by atoms with Gasteiger partial charge in [-0.15, -0.1) is 0 Å². The van der Waals surface area contributed by atoms with Gasteiger partial charge in [0.15, 0.2) is 0 Å². The first-order chi connectivity index (χ1) is 9.23. The fourth-order valence-corrected chi connectivity index (χ4v) is 2.41. The second-order valence-corrected chi connectivity index (χ2v) is 7.21. The van der Waals surface area contributed by atoms with Crippen molar-refractivity contribution in [2.24, 2.45) is 0 Å². The molecule has 0 spiro atoms. The van der Waals surface area contributed by atoms with Gasteiger partial charge in [-0.3, -0.25) is 9.59 Å². The molecule has 0 aromatic heterocycles. The zero-order chi connectivity index (χ0) is 15.7. The maximum atomic E-state index is 11.4. The van der Waals surface area contributed by atoms with Crippen LogP contribution in [0.2, 0.25) is 0 Å². The van der Waals surface area contributed by atoms with Gasteiger partial charge in [0, 0.05) is 84.3 Å². The number of rotatable bonds is 3. The quantitative estimate of drug-likeness (QED) is 0.406. The molecule has 0 heterocycles. The van der Waals surface area contributed by atoms with Crippen molar-refractivity contribution >= 4 is 67.1 Å². The average molecular weight is 420 g/mol. The van der Waals surface area contributed by atoms with Gasteiger partial charge < -0.3 is 20.4 Å². The Morgan fingerprint density at radius 3 is 1.38 bits per heavy atom. The minimum atomic E-state index is -0.127. The van der Waals surface area contributed by atoms with Crippen LogP contribution in [0.1, 0.15) is 0 Å². The normalized spacial score (nSPS) is 9.14. The van der Waals surface area contributed by atoms with Crippen LogP contribution in [-0.2, 0) is 19.5 Å². The van der Waals surface area contributed by atoms with E-state index < -0.39 is 0 Å². The Labute approximate surface area is 157 Å². The Bertz CT molecular complexity index is 357. The van der Waals surface area contributed by atoms with Crippen LogP contribution in [0.5, 0.6) is 0 Å². The summed E-state index contributed by atoms with van der Waals surface area (Å²) in [5, 5.41) is 5.59. The SMILES string of the molecule is CN(C)C(=O)SC(=S)NCCNC(=S)SC(=O)N(C)C.[Zn]. The minimum Gasteiger partial charge on any atom is -0.369 e. The van der Waals surface area contributed by atoms with Crippen LogP contribution < -0.4 is 10.6 Å². The van der Waals surface area contributed by atoms with Crippen molar-refractivity contribution in [2.45, 2.75) is 0 Å². The number of carbonyl (C=O) groups excluding carboxylic acids is 2. The zero-order valence-electron chi connectivity index (χ0n) is 12.5. The number of nitrogens with one attached hydrogen (secondary N) is 2. The Morgan fingerprint density at radius 2 is 1.14 bits per heavy atom. The van der Waals surface area contributed by atoms with Crippen molar-refractivity contribution in [2.75, 3.05) is 41.3 Å². The van der Waals surface area contributed by atoms with Gasteiger partial charge in [0.2, 0.25) is 0 Å². The smallest absolute Gasteiger partial charge is 0.288 e. The van der Waals surface area contributed by atoms with E-state index >= 15 is 0 Å². The van der Waals surface area contributed by atoms with E-state index in [4.69, 9.17) is 24.4 Å². The molecule has 0 fully saturated rings. The van der Waals surface area contributed by atoms with Crippen molar-refractivity contribution in [3.05, 3.63) is 0 Å². The van der Waals surface area contributed by atoms with Gasteiger partial charge in [-0.25, -0.2) is 0 Å². The standard InChI is InChI=1S/C10H18N4O2S4.Zn/c1-13(2)9(15)19-7(17)11-5-6-12-8(18)20-10(16)14(3)4;/h5-6H2,1-4H3,(H,11,17)(H,12,18);. The van der Waals surface area contributed by atoms with Gasteiger partial charge in [-0.2, -0.15) is 0 Å². The molecule has 0 aliphatic heterocycles. The maximum Gasteiger partial charge on any atom is 0.288 e. The number of hydrogen-bond donors (Lipinski definition) is 2. The summed E-state index contributed by atoms with van der Waals surface area (Å²) in [6.07, 6.45) is 0. The van der Waals surface area contributed by atoms with Crippen LogP contribution in [0, 0.1) is 0 Å². The fraction of sp³-hybridized carbons (Fsp3) is 0.600. The molecule has 0 bridgehead atoms. The molecule has 0 saturated heterocycles. The number of amides is 2. The van der Waals surface area contributed by atoms with Crippen LogP contribution in [0.4, 0.5) is 9.59 Å². The molecule has 0 aromatic carbocycles. The minimum absolute atomic E-state index is 0. The molecule has 6 nitrogen and oxygen atoms in total. The first-order valence-electron chi connectivity index (χ1n) is 5.58. The number of thiocarbonyl (C=S) groups is 2. The summed E-state index contributed by atoms with van der Waals surface area (Å²) in [5.74, 6) is 0. The van der Waals surface area contributed by atoms with Gasteiger partial charge >= 0.3 is 0 Å². The van der Waals surface area contributed by atoms with Crippen LogP contribution in [0.3, 0.4) is 0 Å². The molecular weight excluding hydrogens is 402 g/mol. The van der Waals surface area contributed by atoms with Crippen molar-refractivity contribution < 1.29 is 29.1 Å². The van der Waals surface area contributed by atoms with Crippen molar-refractivity contribution in [1.82, 2.24) is 20.4 Å². The predicted octanol–water partition coefficient (Wildman–Crippen LogP) is 1.56.